The molecule has 8 aromatic rings. The second-order valence-electron chi connectivity index (χ2n) is 15.7. The maximum Gasteiger partial charge on any atom is 0.174 e. The molecule has 11 rings (SSSR count). The van der Waals surface area contributed by atoms with E-state index in [4.69, 9.17) is 14.5 Å². The molecule has 1 aliphatic heterocycles. The molecule has 0 radical (unpaired) electrons. The monoisotopic (exact) mass is 771 g/mol. The highest BCUT2D eigenvalue weighted by molar-refractivity contribution is 6.19. The third-order valence-corrected chi connectivity index (χ3v) is 12.6. The lowest BCUT2D eigenvalue weighted by Gasteiger charge is -2.38. The summed E-state index contributed by atoms with van der Waals surface area (Å²) in [6.07, 6.45) is 11.3. The first-order valence-electron chi connectivity index (χ1n) is 20.7. The Balaban J connectivity index is 0.945. The minimum absolute atomic E-state index is 0.116. The van der Waals surface area contributed by atoms with Crippen molar-refractivity contribution < 1.29 is 9.47 Å². The summed E-state index contributed by atoms with van der Waals surface area (Å²) in [6.45, 7) is 0. The Labute approximate surface area is 351 Å². The predicted octanol–water partition coefficient (Wildman–Crippen LogP) is 14.1. The Morgan fingerprint density at radius 2 is 1.18 bits per heavy atom. The molecular formula is C57H41NO2. The van der Waals surface area contributed by atoms with Crippen LogP contribution in [0.25, 0.3) is 27.5 Å². The van der Waals surface area contributed by atoms with E-state index in [9.17, 15) is 0 Å². The van der Waals surface area contributed by atoms with Gasteiger partial charge in [-0.25, -0.2) is 0 Å². The van der Waals surface area contributed by atoms with Gasteiger partial charge in [0.05, 0.1) is 11.1 Å². The first-order chi connectivity index (χ1) is 29.7. The highest BCUT2D eigenvalue weighted by atomic mass is 16.6. The van der Waals surface area contributed by atoms with Crippen LogP contribution in [-0.4, -0.2) is 12.8 Å². The number of ether oxygens (including phenoxy) is 2. The number of nitrogens with zero attached hydrogens (tertiary/aromatic N) is 1. The number of fused-ring (bicyclic) bond motifs is 7. The summed E-state index contributed by atoms with van der Waals surface area (Å²) in [4.78, 5) is 4.80. The third-order valence-electron chi connectivity index (χ3n) is 12.6. The van der Waals surface area contributed by atoms with Crippen molar-refractivity contribution in [2.75, 3.05) is 7.05 Å². The fourth-order valence-electron chi connectivity index (χ4n) is 9.90. The zero-order valence-electron chi connectivity index (χ0n) is 33.2. The van der Waals surface area contributed by atoms with E-state index in [-0.39, 0.29) is 11.8 Å². The van der Waals surface area contributed by atoms with Gasteiger partial charge in [0.25, 0.3) is 0 Å². The van der Waals surface area contributed by atoms with Crippen LogP contribution in [0.4, 0.5) is 0 Å². The van der Waals surface area contributed by atoms with Crippen molar-refractivity contribution in [2.45, 2.75) is 11.3 Å². The molecule has 0 spiro atoms. The van der Waals surface area contributed by atoms with E-state index in [1.165, 1.54) is 33.0 Å². The van der Waals surface area contributed by atoms with Gasteiger partial charge >= 0.3 is 0 Å². The summed E-state index contributed by atoms with van der Waals surface area (Å²) >= 11 is 0. The van der Waals surface area contributed by atoms with Crippen LogP contribution in [0.15, 0.2) is 223 Å². The smallest absolute Gasteiger partial charge is 0.174 e. The van der Waals surface area contributed by atoms with Gasteiger partial charge in [0.1, 0.15) is 0 Å². The lowest BCUT2D eigenvalue weighted by molar-refractivity contribution is 0.355. The highest BCUT2D eigenvalue weighted by Crippen LogP contribution is 2.64. The first kappa shape index (κ1) is 35.7. The molecule has 8 aromatic carbocycles. The quantitative estimate of drug-likeness (QED) is 0.151. The number of aliphatic imine (C=N–C) groups is 1. The topological polar surface area (TPSA) is 30.8 Å². The van der Waals surface area contributed by atoms with Gasteiger partial charge in [-0.3, -0.25) is 4.99 Å². The van der Waals surface area contributed by atoms with Crippen molar-refractivity contribution in [3.05, 3.63) is 257 Å². The Hall–Kier alpha value is -7.49. The van der Waals surface area contributed by atoms with Gasteiger partial charge in [0.15, 0.2) is 23.0 Å². The Bertz CT molecular complexity index is 2990. The fraction of sp³-hybridized carbons (Fsp3) is 0.0702. The summed E-state index contributed by atoms with van der Waals surface area (Å²) in [5, 5.41) is 2.38. The number of hydrogen-bond acceptors (Lipinski definition) is 3. The van der Waals surface area contributed by atoms with Crippen LogP contribution in [0.3, 0.4) is 0 Å². The Kier molecular flexibility index (Phi) is 8.74. The number of hydrogen-bond donors (Lipinski definition) is 0. The van der Waals surface area contributed by atoms with Gasteiger partial charge in [-0.15, -0.1) is 0 Å². The molecule has 0 amide bonds. The van der Waals surface area contributed by atoms with E-state index >= 15 is 0 Å². The summed E-state index contributed by atoms with van der Waals surface area (Å²) in [5.41, 5.74) is 12.1. The lowest BCUT2D eigenvalue weighted by Crippen LogP contribution is -2.34. The standard InChI is InChI=1S/C57H41NO2/c1-58-51(46-26-15-19-39-18-11-12-24-45(39)46)37-48(40-16-5-2-6-17-40)41-30-28-38(29-31-41)42-32-34-52-54(36-42)59-53-35-33-50-55(56(53)60-52)47-25-13-14-27-49(47)57(50,43-20-7-3-8-21-43)44-22-9-4-10-23-44/h2-37,47,49H,1H3/b48-37+,58-51?. The largest absolute Gasteiger partial charge is 0.449 e. The van der Waals surface area contributed by atoms with Crippen LogP contribution in [0, 0.1) is 5.92 Å². The highest BCUT2D eigenvalue weighted by Gasteiger charge is 2.54. The molecule has 2 aliphatic carbocycles. The molecule has 286 valence electrons. The summed E-state index contributed by atoms with van der Waals surface area (Å²) in [7, 11) is 1.87. The van der Waals surface area contributed by atoms with E-state index in [2.05, 4.69) is 218 Å². The summed E-state index contributed by atoms with van der Waals surface area (Å²) in [5.74, 6) is 3.25. The molecule has 0 bridgehead atoms. The molecule has 0 N–H and O–H groups in total. The van der Waals surface area contributed by atoms with Gasteiger partial charge in [-0.2, -0.15) is 0 Å². The molecular weight excluding hydrogens is 731 g/mol. The average molecular weight is 772 g/mol. The molecule has 60 heavy (non-hydrogen) atoms. The van der Waals surface area contributed by atoms with Crippen LogP contribution in [0.5, 0.6) is 23.0 Å². The second kappa shape index (κ2) is 14.7. The maximum atomic E-state index is 6.93. The second-order valence-corrected chi connectivity index (χ2v) is 15.7. The normalized spacial score (nSPS) is 17.2. The molecule has 3 nitrogen and oxygen atoms in total. The Morgan fingerprint density at radius 3 is 1.93 bits per heavy atom. The van der Waals surface area contributed by atoms with Gasteiger partial charge in [0.2, 0.25) is 0 Å². The molecule has 0 fully saturated rings. The minimum atomic E-state index is -0.394. The molecule has 0 aromatic heterocycles. The van der Waals surface area contributed by atoms with Gasteiger partial charge < -0.3 is 9.47 Å². The van der Waals surface area contributed by atoms with E-state index in [1.807, 2.05) is 7.05 Å². The zero-order valence-corrected chi connectivity index (χ0v) is 33.2. The average Bonchev–Trinajstić information content (AvgIpc) is 3.63. The van der Waals surface area contributed by atoms with Crippen molar-refractivity contribution in [1.29, 1.82) is 0 Å². The van der Waals surface area contributed by atoms with Crippen molar-refractivity contribution in [3.63, 3.8) is 0 Å². The van der Waals surface area contributed by atoms with Crippen LogP contribution in [0.1, 0.15) is 44.9 Å². The van der Waals surface area contributed by atoms with Gasteiger partial charge in [-0.05, 0) is 79.6 Å². The third kappa shape index (κ3) is 5.77. The van der Waals surface area contributed by atoms with E-state index in [0.717, 1.165) is 50.6 Å². The predicted molar refractivity (Wildman–Crippen MR) is 246 cm³/mol. The van der Waals surface area contributed by atoms with Gasteiger partial charge in [-0.1, -0.05) is 194 Å². The lowest BCUT2D eigenvalue weighted by atomic mass is 9.63. The summed E-state index contributed by atoms with van der Waals surface area (Å²) < 4.78 is 13.7. The van der Waals surface area contributed by atoms with Crippen LogP contribution < -0.4 is 9.47 Å². The van der Waals surface area contributed by atoms with E-state index in [0.29, 0.717) is 11.5 Å². The number of benzene rings is 8. The molecule has 1 heterocycles. The summed E-state index contributed by atoms with van der Waals surface area (Å²) in [6, 6.07) is 66.8. The fourth-order valence-corrected chi connectivity index (χ4v) is 9.90. The van der Waals surface area contributed by atoms with Crippen molar-refractivity contribution in [1.82, 2.24) is 0 Å². The van der Waals surface area contributed by atoms with Crippen LogP contribution in [-0.2, 0) is 5.41 Å². The van der Waals surface area contributed by atoms with E-state index < -0.39 is 5.41 Å². The van der Waals surface area contributed by atoms with Crippen molar-refractivity contribution in [2.24, 2.45) is 10.9 Å². The molecule has 2 unspecified atom stereocenters. The Morgan fingerprint density at radius 1 is 0.550 bits per heavy atom. The van der Waals surface area contributed by atoms with Crippen molar-refractivity contribution >= 4 is 22.1 Å². The van der Waals surface area contributed by atoms with E-state index in [1.54, 1.807) is 0 Å². The molecule has 0 saturated carbocycles. The number of rotatable bonds is 7. The van der Waals surface area contributed by atoms with Crippen LogP contribution in [0.2, 0.25) is 0 Å². The molecule has 2 atom stereocenters. The zero-order chi connectivity index (χ0) is 40.0. The number of allylic oxidation sites excluding steroid dienone is 5. The molecule has 3 heteroatoms. The molecule has 3 aliphatic rings. The van der Waals surface area contributed by atoms with Gasteiger partial charge in [0, 0.05) is 30.0 Å². The molecule has 0 saturated heterocycles. The van der Waals surface area contributed by atoms with Crippen LogP contribution >= 0.6 is 0 Å². The maximum absolute atomic E-state index is 6.93. The van der Waals surface area contributed by atoms with Crippen molar-refractivity contribution in [3.8, 4) is 34.1 Å². The SMILES string of the molecule is CN=C(/C=C(\c1ccccc1)c1ccc(-c2ccc3c(c2)Oc2ccc4c(c2O3)C2C=CC=CC2C4(c2ccccc2)c2ccccc2)cc1)c1cccc2ccccc12. The minimum Gasteiger partial charge on any atom is -0.449 e. The first-order valence-corrected chi connectivity index (χ1v) is 20.7.